The van der Waals surface area contributed by atoms with Crippen LogP contribution >= 0.6 is 0 Å². The van der Waals surface area contributed by atoms with Crippen molar-refractivity contribution >= 4 is 5.95 Å². The molecule has 1 aromatic carbocycles. The molecule has 130 valence electrons. The Labute approximate surface area is 149 Å². The van der Waals surface area contributed by atoms with Crippen molar-refractivity contribution in [3.05, 3.63) is 73.0 Å². The Bertz CT molecular complexity index is 1020. The van der Waals surface area contributed by atoms with E-state index in [1.807, 2.05) is 30.1 Å². The van der Waals surface area contributed by atoms with Gasteiger partial charge < -0.3 is 9.88 Å². The van der Waals surface area contributed by atoms with E-state index in [-0.39, 0.29) is 5.82 Å². The lowest BCUT2D eigenvalue weighted by atomic mass is 10.2. The van der Waals surface area contributed by atoms with Crippen molar-refractivity contribution in [3.8, 4) is 16.9 Å². The molecular weight excluding hydrogens is 333 g/mol. The van der Waals surface area contributed by atoms with Crippen molar-refractivity contribution in [1.29, 1.82) is 0 Å². The van der Waals surface area contributed by atoms with E-state index < -0.39 is 0 Å². The molecule has 0 atom stereocenters. The van der Waals surface area contributed by atoms with Gasteiger partial charge in [-0.1, -0.05) is 0 Å². The highest BCUT2D eigenvalue weighted by molar-refractivity contribution is 5.58. The van der Waals surface area contributed by atoms with Crippen LogP contribution in [0.25, 0.3) is 16.9 Å². The zero-order valence-corrected chi connectivity index (χ0v) is 14.0. The van der Waals surface area contributed by atoms with E-state index in [1.165, 1.54) is 12.1 Å². The van der Waals surface area contributed by atoms with Crippen LogP contribution < -0.4 is 5.32 Å². The summed E-state index contributed by atoms with van der Waals surface area (Å²) in [6.07, 6.45) is 8.89. The van der Waals surface area contributed by atoms with E-state index in [9.17, 15) is 4.39 Å². The normalized spacial score (nSPS) is 10.8. The summed E-state index contributed by atoms with van der Waals surface area (Å²) in [5, 5.41) is 7.49. The summed E-state index contributed by atoms with van der Waals surface area (Å²) in [6, 6.07) is 7.97. The third-order valence-corrected chi connectivity index (χ3v) is 3.95. The Kier molecular flexibility index (Phi) is 4.14. The highest BCUT2D eigenvalue weighted by Crippen LogP contribution is 2.19. The summed E-state index contributed by atoms with van der Waals surface area (Å²) in [5.41, 5.74) is 2.37. The van der Waals surface area contributed by atoms with Gasteiger partial charge in [-0.05, 0) is 30.3 Å². The van der Waals surface area contributed by atoms with E-state index in [2.05, 4.69) is 25.4 Å². The molecule has 0 spiro atoms. The van der Waals surface area contributed by atoms with Gasteiger partial charge in [-0.25, -0.2) is 24.0 Å². The van der Waals surface area contributed by atoms with Gasteiger partial charge in [-0.15, -0.1) is 0 Å². The predicted octanol–water partition coefficient (Wildman–Crippen LogP) is 2.81. The first-order valence-corrected chi connectivity index (χ1v) is 8.03. The largest absolute Gasteiger partial charge is 0.347 e. The molecule has 0 saturated carbocycles. The monoisotopic (exact) mass is 349 g/mol. The summed E-state index contributed by atoms with van der Waals surface area (Å²) >= 11 is 0. The van der Waals surface area contributed by atoms with Crippen molar-refractivity contribution in [2.75, 3.05) is 5.32 Å². The van der Waals surface area contributed by atoms with Crippen LogP contribution in [0.2, 0.25) is 0 Å². The topological polar surface area (TPSA) is 73.5 Å². The van der Waals surface area contributed by atoms with Crippen LogP contribution in [0.5, 0.6) is 0 Å². The maximum atomic E-state index is 13.1. The minimum atomic E-state index is -0.277. The van der Waals surface area contributed by atoms with Crippen molar-refractivity contribution < 1.29 is 4.39 Å². The number of nitrogens with zero attached hydrogens (tertiary/aromatic N) is 6. The van der Waals surface area contributed by atoms with Crippen molar-refractivity contribution in [2.45, 2.75) is 6.54 Å². The minimum Gasteiger partial charge on any atom is -0.347 e. The number of hydrogen-bond donors (Lipinski definition) is 1. The van der Waals surface area contributed by atoms with Gasteiger partial charge in [0.05, 0.1) is 24.1 Å². The quantitative estimate of drug-likeness (QED) is 0.600. The molecule has 0 amide bonds. The molecule has 7 nitrogen and oxygen atoms in total. The number of aryl methyl sites for hydroxylation is 1. The number of hydrogen-bond acceptors (Lipinski definition) is 5. The molecular formula is C18H16FN7. The number of rotatable bonds is 5. The molecule has 4 rings (SSSR count). The zero-order valence-electron chi connectivity index (χ0n) is 14.0. The second-order valence-electron chi connectivity index (χ2n) is 5.72. The van der Waals surface area contributed by atoms with Gasteiger partial charge in [0.15, 0.2) is 0 Å². The van der Waals surface area contributed by atoms with Crippen LogP contribution in [0.15, 0.2) is 61.3 Å². The molecule has 3 aromatic heterocycles. The van der Waals surface area contributed by atoms with Crippen LogP contribution in [0.4, 0.5) is 10.3 Å². The molecule has 0 unspecified atom stereocenters. The van der Waals surface area contributed by atoms with Gasteiger partial charge in [-0.2, -0.15) is 5.10 Å². The zero-order chi connectivity index (χ0) is 17.9. The highest BCUT2D eigenvalue weighted by atomic mass is 19.1. The number of halogens is 1. The van der Waals surface area contributed by atoms with E-state index in [4.69, 9.17) is 0 Å². The number of aromatic nitrogens is 6. The standard InChI is InChI=1S/C18H16FN7/c1-25-9-8-20-17(25)11-22-18-21-7-6-16(24-18)13-10-23-26(12-13)15-4-2-14(19)3-5-15/h2-10,12H,11H2,1H3,(H,21,22,24). The SMILES string of the molecule is Cn1ccnc1CNc1nccc(-c2cnn(-c3ccc(F)cc3)c2)n1. The van der Waals surface area contributed by atoms with E-state index >= 15 is 0 Å². The molecule has 8 heteroatoms. The van der Waals surface area contributed by atoms with Crippen LogP contribution in [0, 0.1) is 5.82 Å². The van der Waals surface area contributed by atoms with Crippen molar-refractivity contribution in [1.82, 2.24) is 29.3 Å². The Hall–Kier alpha value is -3.55. The molecule has 0 aliphatic rings. The van der Waals surface area contributed by atoms with Crippen molar-refractivity contribution in [2.24, 2.45) is 7.05 Å². The van der Waals surface area contributed by atoms with E-state index in [0.29, 0.717) is 12.5 Å². The van der Waals surface area contributed by atoms with Crippen LogP contribution in [0.1, 0.15) is 5.82 Å². The predicted molar refractivity (Wildman–Crippen MR) is 95.1 cm³/mol. The molecule has 4 aromatic rings. The fourth-order valence-corrected chi connectivity index (χ4v) is 2.52. The first kappa shape index (κ1) is 15.9. The number of nitrogens with one attached hydrogen (secondary N) is 1. The lowest BCUT2D eigenvalue weighted by molar-refractivity contribution is 0.627. The van der Waals surface area contributed by atoms with Crippen LogP contribution in [-0.4, -0.2) is 29.3 Å². The number of benzene rings is 1. The van der Waals surface area contributed by atoms with Crippen LogP contribution in [-0.2, 0) is 13.6 Å². The Balaban J connectivity index is 1.53. The average Bonchev–Trinajstić information content (AvgIpc) is 3.30. The van der Waals surface area contributed by atoms with Crippen LogP contribution in [0.3, 0.4) is 0 Å². The van der Waals surface area contributed by atoms with E-state index in [1.54, 1.807) is 35.4 Å². The van der Waals surface area contributed by atoms with Gasteiger partial charge in [-0.3, -0.25) is 0 Å². The number of anilines is 1. The highest BCUT2D eigenvalue weighted by Gasteiger charge is 2.07. The Morgan fingerprint density at radius 3 is 2.69 bits per heavy atom. The van der Waals surface area contributed by atoms with Gasteiger partial charge in [0.1, 0.15) is 11.6 Å². The smallest absolute Gasteiger partial charge is 0.223 e. The number of imidazole rings is 1. The molecule has 0 bridgehead atoms. The fourth-order valence-electron chi connectivity index (χ4n) is 2.52. The molecule has 0 saturated heterocycles. The molecule has 1 N–H and O–H groups in total. The Morgan fingerprint density at radius 1 is 1.08 bits per heavy atom. The fraction of sp³-hybridized carbons (Fsp3) is 0.111. The first-order chi connectivity index (χ1) is 12.7. The van der Waals surface area contributed by atoms with Gasteiger partial charge >= 0.3 is 0 Å². The summed E-state index contributed by atoms with van der Waals surface area (Å²) in [6.45, 7) is 0.530. The maximum absolute atomic E-state index is 13.1. The third kappa shape index (κ3) is 3.30. The Morgan fingerprint density at radius 2 is 1.92 bits per heavy atom. The molecule has 0 radical (unpaired) electrons. The average molecular weight is 349 g/mol. The maximum Gasteiger partial charge on any atom is 0.223 e. The summed E-state index contributed by atoms with van der Waals surface area (Å²) in [7, 11) is 1.94. The third-order valence-electron chi connectivity index (χ3n) is 3.95. The second kappa shape index (κ2) is 6.75. The summed E-state index contributed by atoms with van der Waals surface area (Å²) in [4.78, 5) is 13.0. The van der Waals surface area contributed by atoms with E-state index in [0.717, 1.165) is 22.8 Å². The summed E-state index contributed by atoms with van der Waals surface area (Å²) < 4.78 is 16.7. The van der Waals surface area contributed by atoms with Crippen molar-refractivity contribution in [3.63, 3.8) is 0 Å². The summed E-state index contributed by atoms with van der Waals surface area (Å²) in [5.74, 6) is 1.13. The molecule has 26 heavy (non-hydrogen) atoms. The minimum absolute atomic E-state index is 0.277. The molecule has 3 heterocycles. The first-order valence-electron chi connectivity index (χ1n) is 8.03. The lowest BCUT2D eigenvalue weighted by Gasteiger charge is -2.06. The van der Waals surface area contributed by atoms with Gasteiger partial charge in [0.25, 0.3) is 0 Å². The second-order valence-corrected chi connectivity index (χ2v) is 5.72. The van der Waals surface area contributed by atoms with Gasteiger partial charge in [0, 0.05) is 37.4 Å². The molecule has 0 aliphatic heterocycles. The molecule has 0 fully saturated rings. The molecule has 0 aliphatic carbocycles. The lowest BCUT2D eigenvalue weighted by Crippen LogP contribution is -2.08. The van der Waals surface area contributed by atoms with Gasteiger partial charge in [0.2, 0.25) is 5.95 Å².